The normalized spacial score (nSPS) is 17.5. The molecule has 3 heterocycles. The Labute approximate surface area is 182 Å². The molecule has 0 saturated carbocycles. The van der Waals surface area contributed by atoms with Gasteiger partial charge in [0.2, 0.25) is 10.0 Å². The maximum atomic E-state index is 13.6. The summed E-state index contributed by atoms with van der Waals surface area (Å²) in [6.45, 7) is 8.00. The van der Waals surface area contributed by atoms with Crippen molar-refractivity contribution < 1.29 is 12.8 Å². The van der Waals surface area contributed by atoms with E-state index in [9.17, 15) is 12.8 Å². The molecule has 3 aromatic rings. The van der Waals surface area contributed by atoms with Gasteiger partial charge in [0.15, 0.2) is 0 Å². The van der Waals surface area contributed by atoms with Crippen LogP contribution in [0.25, 0.3) is 11.1 Å². The van der Waals surface area contributed by atoms with Crippen LogP contribution in [0.1, 0.15) is 55.9 Å². The van der Waals surface area contributed by atoms with Gasteiger partial charge in [-0.2, -0.15) is 9.40 Å². The smallest absolute Gasteiger partial charge is 0.247 e. The van der Waals surface area contributed by atoms with Gasteiger partial charge >= 0.3 is 0 Å². The molecular weight excluding hydrogens is 415 g/mol. The molecule has 1 aromatic carbocycles. The Balaban J connectivity index is 1.73. The molecule has 164 valence electrons. The minimum atomic E-state index is -3.71. The number of nitrogens with zero attached hydrogens (tertiary/aromatic N) is 4. The molecule has 1 fully saturated rings. The molecule has 0 N–H and O–H groups in total. The average Bonchev–Trinajstić information content (AvgIpc) is 3.36. The van der Waals surface area contributed by atoms with Crippen molar-refractivity contribution in [1.29, 1.82) is 0 Å². The molecule has 0 aliphatic carbocycles. The summed E-state index contributed by atoms with van der Waals surface area (Å²) in [5, 5.41) is 4.39. The van der Waals surface area contributed by atoms with Crippen LogP contribution in [0.4, 0.5) is 4.39 Å². The van der Waals surface area contributed by atoms with Gasteiger partial charge in [-0.1, -0.05) is 12.1 Å². The maximum Gasteiger partial charge on any atom is 0.247 e. The molecule has 0 bridgehead atoms. The van der Waals surface area contributed by atoms with Crippen LogP contribution in [-0.2, 0) is 10.0 Å². The molecule has 0 unspecified atom stereocenters. The minimum Gasteiger partial charge on any atom is -0.269 e. The first-order chi connectivity index (χ1) is 14.7. The van der Waals surface area contributed by atoms with Gasteiger partial charge in [-0.15, -0.1) is 0 Å². The highest BCUT2D eigenvalue weighted by Crippen LogP contribution is 2.38. The van der Waals surface area contributed by atoms with Crippen LogP contribution in [-0.4, -0.2) is 34.0 Å². The van der Waals surface area contributed by atoms with Crippen LogP contribution in [0.15, 0.2) is 47.5 Å². The van der Waals surface area contributed by atoms with E-state index in [1.165, 1.54) is 12.1 Å². The van der Waals surface area contributed by atoms with Crippen molar-refractivity contribution in [1.82, 2.24) is 19.1 Å². The highest BCUT2D eigenvalue weighted by Gasteiger charge is 2.38. The van der Waals surface area contributed by atoms with Gasteiger partial charge in [0.1, 0.15) is 10.7 Å². The van der Waals surface area contributed by atoms with Gasteiger partial charge in [0, 0.05) is 24.5 Å². The van der Waals surface area contributed by atoms with E-state index in [1.54, 1.807) is 34.2 Å². The Hall–Kier alpha value is -2.58. The number of pyridine rings is 1. The SMILES string of the molecule is Cc1cc(-c2ccc(F)cc2)cc([C@@H]2CCCN2S(=O)(=O)c2cn(C(C)C)nc2C)n1. The molecule has 1 atom stereocenters. The van der Waals surface area contributed by atoms with Gasteiger partial charge in [0.25, 0.3) is 0 Å². The minimum absolute atomic E-state index is 0.0775. The standard InChI is InChI=1S/C23H27FN4O2S/c1-15(2)27-14-23(17(4)26-27)31(29,30)28-11-5-6-22(28)21-13-19(12-16(3)25-21)18-7-9-20(24)10-8-18/h7-10,12-15,22H,5-6,11H2,1-4H3/t22-/m0/s1. The highest BCUT2D eigenvalue weighted by atomic mass is 32.2. The number of aromatic nitrogens is 3. The van der Waals surface area contributed by atoms with Crippen LogP contribution < -0.4 is 0 Å². The Kier molecular flexibility index (Phi) is 5.70. The number of benzene rings is 1. The largest absolute Gasteiger partial charge is 0.269 e. The lowest BCUT2D eigenvalue weighted by Gasteiger charge is -2.24. The molecule has 0 spiro atoms. The number of sulfonamides is 1. The van der Waals surface area contributed by atoms with Gasteiger partial charge in [-0.3, -0.25) is 9.67 Å². The van der Waals surface area contributed by atoms with E-state index in [2.05, 4.69) is 10.1 Å². The third-order valence-electron chi connectivity index (χ3n) is 5.68. The van der Waals surface area contributed by atoms with Crippen molar-refractivity contribution in [2.24, 2.45) is 0 Å². The summed E-state index contributed by atoms with van der Waals surface area (Å²) >= 11 is 0. The fraction of sp³-hybridized carbons (Fsp3) is 0.391. The van der Waals surface area contributed by atoms with Gasteiger partial charge in [-0.25, -0.2) is 12.8 Å². The van der Waals surface area contributed by atoms with E-state index in [-0.39, 0.29) is 22.8 Å². The predicted octanol–water partition coefficient (Wildman–Crippen LogP) is 4.81. The zero-order valence-electron chi connectivity index (χ0n) is 18.2. The zero-order valence-corrected chi connectivity index (χ0v) is 19.0. The molecule has 31 heavy (non-hydrogen) atoms. The van der Waals surface area contributed by atoms with Crippen LogP contribution in [0.5, 0.6) is 0 Å². The van der Waals surface area contributed by atoms with Crippen molar-refractivity contribution >= 4 is 10.0 Å². The molecule has 1 aliphatic rings. The topological polar surface area (TPSA) is 68.1 Å². The van der Waals surface area contributed by atoms with Crippen LogP contribution >= 0.6 is 0 Å². The van der Waals surface area contributed by atoms with E-state index in [4.69, 9.17) is 0 Å². The van der Waals surface area contributed by atoms with E-state index in [1.807, 2.05) is 32.9 Å². The second kappa shape index (κ2) is 8.16. The first-order valence-electron chi connectivity index (χ1n) is 10.5. The van der Waals surface area contributed by atoms with Crippen molar-refractivity contribution in [2.75, 3.05) is 6.54 Å². The number of halogens is 1. The first kappa shape index (κ1) is 21.6. The molecular formula is C23H27FN4O2S. The summed E-state index contributed by atoms with van der Waals surface area (Å²) in [7, 11) is -3.71. The third-order valence-corrected chi connectivity index (χ3v) is 7.69. The first-order valence-corrected chi connectivity index (χ1v) is 11.9. The third kappa shape index (κ3) is 4.14. The van der Waals surface area contributed by atoms with Crippen LogP contribution in [0, 0.1) is 19.7 Å². The number of hydrogen-bond donors (Lipinski definition) is 0. The van der Waals surface area contributed by atoms with Crippen molar-refractivity contribution in [3.8, 4) is 11.1 Å². The molecule has 1 aliphatic heterocycles. The van der Waals surface area contributed by atoms with Crippen molar-refractivity contribution in [2.45, 2.75) is 57.5 Å². The molecule has 8 heteroatoms. The fourth-order valence-corrected chi connectivity index (χ4v) is 5.93. The summed E-state index contributed by atoms with van der Waals surface area (Å²) in [5.74, 6) is -0.292. The number of aryl methyl sites for hydroxylation is 2. The second-order valence-electron chi connectivity index (χ2n) is 8.36. The van der Waals surface area contributed by atoms with E-state index < -0.39 is 10.0 Å². The van der Waals surface area contributed by atoms with Gasteiger partial charge in [0.05, 0.1) is 17.4 Å². The number of rotatable bonds is 5. The average molecular weight is 443 g/mol. The molecule has 0 amide bonds. The lowest BCUT2D eigenvalue weighted by molar-refractivity contribution is 0.390. The Morgan fingerprint density at radius 3 is 2.45 bits per heavy atom. The lowest BCUT2D eigenvalue weighted by Crippen LogP contribution is -2.31. The molecule has 6 nitrogen and oxygen atoms in total. The van der Waals surface area contributed by atoms with E-state index in [0.29, 0.717) is 24.4 Å². The van der Waals surface area contributed by atoms with E-state index in [0.717, 1.165) is 23.2 Å². The lowest BCUT2D eigenvalue weighted by atomic mass is 10.0. The second-order valence-corrected chi connectivity index (χ2v) is 10.2. The van der Waals surface area contributed by atoms with Crippen molar-refractivity contribution in [3.05, 3.63) is 65.5 Å². The van der Waals surface area contributed by atoms with Gasteiger partial charge < -0.3 is 0 Å². The van der Waals surface area contributed by atoms with Crippen LogP contribution in [0.3, 0.4) is 0 Å². The molecule has 2 aromatic heterocycles. The zero-order chi connectivity index (χ0) is 22.3. The quantitative estimate of drug-likeness (QED) is 0.569. The summed E-state index contributed by atoms with van der Waals surface area (Å²) in [5.41, 5.74) is 3.79. The Morgan fingerprint density at radius 2 is 1.81 bits per heavy atom. The molecule has 1 saturated heterocycles. The number of hydrogen-bond acceptors (Lipinski definition) is 4. The summed E-state index contributed by atoms with van der Waals surface area (Å²) in [4.78, 5) is 4.92. The highest BCUT2D eigenvalue weighted by molar-refractivity contribution is 7.89. The van der Waals surface area contributed by atoms with E-state index >= 15 is 0 Å². The molecule has 0 radical (unpaired) electrons. The fourth-order valence-electron chi connectivity index (χ4n) is 4.11. The summed E-state index contributed by atoms with van der Waals surface area (Å²) < 4.78 is 43.7. The molecule has 4 rings (SSSR count). The Morgan fingerprint density at radius 1 is 1.10 bits per heavy atom. The van der Waals surface area contributed by atoms with Gasteiger partial charge in [-0.05, 0) is 75.9 Å². The summed E-state index contributed by atoms with van der Waals surface area (Å²) in [6, 6.07) is 9.88. The predicted molar refractivity (Wildman–Crippen MR) is 118 cm³/mol. The Bertz CT molecular complexity index is 1200. The van der Waals surface area contributed by atoms with Crippen molar-refractivity contribution in [3.63, 3.8) is 0 Å². The summed E-state index contributed by atoms with van der Waals surface area (Å²) in [6.07, 6.45) is 3.09. The van der Waals surface area contributed by atoms with Crippen LogP contribution in [0.2, 0.25) is 0 Å². The monoisotopic (exact) mass is 442 g/mol. The maximum absolute atomic E-state index is 13.6.